The number of carbonyl (C=O) groups excluding carboxylic acids is 1. The molecule has 1 aromatic heterocycles. The molecule has 0 atom stereocenters. The van der Waals surface area contributed by atoms with Gasteiger partial charge in [0.15, 0.2) is 5.13 Å². The smallest absolute Gasteiger partial charge is 0.231 e. The SMILES string of the molecule is CN(C)CCCN(C(=O)C1CCCCC1)c1nc2ccc(Cl)cc2s1. The molecule has 0 aliphatic heterocycles. The number of aromatic nitrogens is 1. The van der Waals surface area contributed by atoms with Crippen LogP contribution < -0.4 is 4.90 Å². The summed E-state index contributed by atoms with van der Waals surface area (Å²) in [5.41, 5.74) is 0.915. The maximum atomic E-state index is 13.2. The van der Waals surface area contributed by atoms with E-state index in [-0.39, 0.29) is 11.8 Å². The highest BCUT2D eigenvalue weighted by atomic mass is 35.5. The third-order valence-electron chi connectivity index (χ3n) is 4.78. The molecule has 6 heteroatoms. The molecular formula is C19H26ClN3OS. The summed E-state index contributed by atoms with van der Waals surface area (Å²) in [5.74, 6) is 0.410. The zero-order valence-electron chi connectivity index (χ0n) is 15.0. The number of hydrogen-bond acceptors (Lipinski definition) is 4. The van der Waals surface area contributed by atoms with Crippen molar-refractivity contribution in [1.82, 2.24) is 9.88 Å². The Kier molecular flexibility index (Phi) is 6.31. The van der Waals surface area contributed by atoms with Crippen LogP contribution in [0.4, 0.5) is 5.13 Å². The summed E-state index contributed by atoms with van der Waals surface area (Å²) in [6.45, 7) is 1.69. The van der Waals surface area contributed by atoms with E-state index in [2.05, 4.69) is 19.0 Å². The number of fused-ring (bicyclic) bond motifs is 1. The van der Waals surface area contributed by atoms with Crippen LogP contribution in [-0.4, -0.2) is 43.0 Å². The van der Waals surface area contributed by atoms with Gasteiger partial charge in [0.25, 0.3) is 0 Å². The first-order chi connectivity index (χ1) is 12.0. The molecule has 1 aliphatic rings. The van der Waals surface area contributed by atoms with Crippen molar-refractivity contribution in [2.24, 2.45) is 5.92 Å². The second kappa shape index (κ2) is 8.47. The Bertz CT molecular complexity index is 725. The van der Waals surface area contributed by atoms with Gasteiger partial charge in [-0.3, -0.25) is 9.69 Å². The molecule has 3 rings (SSSR count). The Morgan fingerprint density at radius 1 is 1.24 bits per heavy atom. The normalized spacial score (nSPS) is 15.8. The topological polar surface area (TPSA) is 36.4 Å². The number of halogens is 1. The van der Waals surface area contributed by atoms with Gasteiger partial charge in [-0.25, -0.2) is 4.98 Å². The first-order valence-corrected chi connectivity index (χ1v) is 10.3. The first-order valence-electron chi connectivity index (χ1n) is 9.07. The maximum Gasteiger partial charge on any atom is 0.231 e. The molecule has 0 radical (unpaired) electrons. The minimum atomic E-state index is 0.156. The predicted molar refractivity (Wildman–Crippen MR) is 107 cm³/mol. The second-order valence-electron chi connectivity index (χ2n) is 7.09. The summed E-state index contributed by atoms with van der Waals surface area (Å²) in [5, 5.41) is 1.52. The monoisotopic (exact) mass is 379 g/mol. The Morgan fingerprint density at radius 2 is 2.00 bits per heavy atom. The fourth-order valence-electron chi connectivity index (χ4n) is 3.42. The Morgan fingerprint density at radius 3 is 2.72 bits per heavy atom. The lowest BCUT2D eigenvalue weighted by molar-refractivity contribution is -0.123. The molecule has 1 aliphatic carbocycles. The highest BCUT2D eigenvalue weighted by Gasteiger charge is 2.28. The lowest BCUT2D eigenvalue weighted by Gasteiger charge is -2.28. The zero-order valence-corrected chi connectivity index (χ0v) is 16.6. The van der Waals surface area contributed by atoms with Gasteiger partial charge in [-0.2, -0.15) is 0 Å². The van der Waals surface area contributed by atoms with E-state index in [1.165, 1.54) is 6.42 Å². The van der Waals surface area contributed by atoms with E-state index in [1.54, 1.807) is 11.3 Å². The standard InChI is InChI=1S/C19H26ClN3OS/c1-22(2)11-6-12-23(18(24)14-7-4-3-5-8-14)19-21-16-10-9-15(20)13-17(16)25-19/h9-10,13-14H,3-8,11-12H2,1-2H3. The van der Waals surface area contributed by atoms with Gasteiger partial charge < -0.3 is 4.90 Å². The Labute approximate surface area is 158 Å². The van der Waals surface area contributed by atoms with Crippen molar-refractivity contribution in [3.8, 4) is 0 Å². The van der Waals surface area contributed by atoms with E-state index in [0.717, 1.165) is 60.5 Å². The molecule has 25 heavy (non-hydrogen) atoms. The van der Waals surface area contributed by atoms with E-state index in [9.17, 15) is 4.79 Å². The van der Waals surface area contributed by atoms with Crippen LogP contribution in [0, 0.1) is 5.92 Å². The van der Waals surface area contributed by atoms with E-state index in [1.807, 2.05) is 23.1 Å². The number of benzene rings is 1. The molecule has 0 unspecified atom stereocenters. The van der Waals surface area contributed by atoms with Gasteiger partial charge in [0.2, 0.25) is 5.91 Å². The molecule has 1 heterocycles. The van der Waals surface area contributed by atoms with Crippen LogP contribution in [-0.2, 0) is 4.79 Å². The first kappa shape index (κ1) is 18.6. The van der Waals surface area contributed by atoms with E-state index >= 15 is 0 Å². The van der Waals surface area contributed by atoms with Crippen molar-refractivity contribution in [3.05, 3.63) is 23.2 Å². The van der Waals surface area contributed by atoms with Gasteiger partial charge in [-0.05, 0) is 58.1 Å². The number of thiazole rings is 1. The fourth-order valence-corrected chi connectivity index (χ4v) is 4.69. The minimum Gasteiger partial charge on any atom is -0.309 e. The van der Waals surface area contributed by atoms with Gasteiger partial charge in [-0.1, -0.05) is 42.2 Å². The highest BCUT2D eigenvalue weighted by molar-refractivity contribution is 7.22. The van der Waals surface area contributed by atoms with Gasteiger partial charge >= 0.3 is 0 Å². The van der Waals surface area contributed by atoms with Gasteiger partial charge in [-0.15, -0.1) is 0 Å². The van der Waals surface area contributed by atoms with Crippen LogP contribution in [0.25, 0.3) is 10.2 Å². The lowest BCUT2D eigenvalue weighted by Crippen LogP contribution is -2.38. The maximum absolute atomic E-state index is 13.2. The zero-order chi connectivity index (χ0) is 17.8. The Hall–Kier alpha value is -1.17. The number of carbonyl (C=O) groups is 1. The molecule has 0 bridgehead atoms. The molecular weight excluding hydrogens is 354 g/mol. The van der Waals surface area contributed by atoms with Crippen molar-refractivity contribution < 1.29 is 4.79 Å². The summed E-state index contributed by atoms with van der Waals surface area (Å²) in [6.07, 6.45) is 6.56. The molecule has 0 saturated heterocycles. The van der Waals surface area contributed by atoms with Crippen molar-refractivity contribution in [1.29, 1.82) is 0 Å². The number of hydrogen-bond donors (Lipinski definition) is 0. The molecule has 1 aromatic carbocycles. The molecule has 136 valence electrons. The fraction of sp³-hybridized carbons (Fsp3) is 0.579. The summed E-state index contributed by atoms with van der Waals surface area (Å²) in [7, 11) is 4.12. The van der Waals surface area contributed by atoms with Gasteiger partial charge in [0.1, 0.15) is 0 Å². The van der Waals surface area contributed by atoms with Gasteiger partial charge in [0.05, 0.1) is 10.2 Å². The van der Waals surface area contributed by atoms with Gasteiger partial charge in [0, 0.05) is 17.5 Å². The predicted octanol–water partition coefficient (Wildman–Crippen LogP) is 4.81. The highest BCUT2D eigenvalue weighted by Crippen LogP contribution is 2.33. The molecule has 0 spiro atoms. The molecule has 4 nitrogen and oxygen atoms in total. The van der Waals surface area contributed by atoms with Crippen molar-refractivity contribution in [3.63, 3.8) is 0 Å². The summed E-state index contributed by atoms with van der Waals surface area (Å²) in [6, 6.07) is 5.72. The van der Waals surface area contributed by atoms with E-state index < -0.39 is 0 Å². The number of rotatable bonds is 6. The molecule has 1 saturated carbocycles. The van der Waals surface area contributed by atoms with Crippen molar-refractivity contribution in [2.75, 3.05) is 32.1 Å². The summed E-state index contributed by atoms with van der Waals surface area (Å²) < 4.78 is 1.04. The van der Waals surface area contributed by atoms with Crippen LogP contribution in [0.3, 0.4) is 0 Å². The van der Waals surface area contributed by atoms with Crippen molar-refractivity contribution in [2.45, 2.75) is 38.5 Å². The van der Waals surface area contributed by atoms with Crippen LogP contribution in [0.15, 0.2) is 18.2 Å². The average molecular weight is 380 g/mol. The van der Waals surface area contributed by atoms with Crippen LogP contribution in [0.2, 0.25) is 5.02 Å². The average Bonchev–Trinajstić information content (AvgIpc) is 3.01. The van der Waals surface area contributed by atoms with Crippen LogP contribution in [0.5, 0.6) is 0 Å². The number of anilines is 1. The number of amides is 1. The summed E-state index contributed by atoms with van der Waals surface area (Å²) >= 11 is 7.67. The molecule has 2 aromatic rings. The quantitative estimate of drug-likeness (QED) is 0.722. The lowest BCUT2D eigenvalue weighted by atomic mass is 9.88. The van der Waals surface area contributed by atoms with E-state index in [0.29, 0.717) is 5.02 Å². The van der Waals surface area contributed by atoms with Crippen molar-refractivity contribution >= 4 is 44.2 Å². The largest absolute Gasteiger partial charge is 0.309 e. The third-order valence-corrected chi connectivity index (χ3v) is 6.05. The summed E-state index contributed by atoms with van der Waals surface area (Å²) in [4.78, 5) is 22.0. The Balaban J connectivity index is 1.83. The molecule has 0 N–H and O–H groups in total. The second-order valence-corrected chi connectivity index (χ2v) is 8.54. The van der Waals surface area contributed by atoms with Crippen LogP contribution in [0.1, 0.15) is 38.5 Å². The number of nitrogens with zero attached hydrogens (tertiary/aromatic N) is 3. The van der Waals surface area contributed by atoms with E-state index in [4.69, 9.17) is 16.6 Å². The van der Waals surface area contributed by atoms with Crippen LogP contribution >= 0.6 is 22.9 Å². The molecule has 1 fully saturated rings. The molecule has 1 amide bonds. The third kappa shape index (κ3) is 4.72. The minimum absolute atomic E-state index is 0.156.